The number of aromatic nitrogens is 3. The van der Waals surface area contributed by atoms with Gasteiger partial charge in [0, 0.05) is 19.7 Å². The standard InChI is InChI=1S/C21H26N4O4S/c1-6-29-20(27)15-7-8-16-18(12-15)30-21(24(16)9-10-28-5)22-19(26)17-11-14(4)23-25(17)13(2)3/h7-8,11-13H,6,9-10H2,1-5H3. The first kappa shape index (κ1) is 21.9. The van der Waals surface area contributed by atoms with Gasteiger partial charge in [0.25, 0.3) is 5.91 Å². The molecular weight excluding hydrogens is 404 g/mol. The van der Waals surface area contributed by atoms with E-state index in [2.05, 4.69) is 10.1 Å². The largest absolute Gasteiger partial charge is 0.462 e. The summed E-state index contributed by atoms with van der Waals surface area (Å²) in [6, 6.07) is 7.13. The van der Waals surface area contributed by atoms with Crippen molar-refractivity contribution in [2.75, 3.05) is 20.3 Å². The predicted octanol–water partition coefficient (Wildman–Crippen LogP) is 3.35. The molecule has 0 bridgehead atoms. The summed E-state index contributed by atoms with van der Waals surface area (Å²) in [4.78, 5) is 30.0. The summed E-state index contributed by atoms with van der Waals surface area (Å²) in [5, 5.41) is 4.40. The van der Waals surface area contributed by atoms with Gasteiger partial charge in [-0.05, 0) is 52.0 Å². The predicted molar refractivity (Wildman–Crippen MR) is 115 cm³/mol. The van der Waals surface area contributed by atoms with E-state index in [0.717, 1.165) is 15.9 Å². The number of thiazole rings is 1. The summed E-state index contributed by atoms with van der Waals surface area (Å²) >= 11 is 1.35. The van der Waals surface area contributed by atoms with Crippen LogP contribution in [0, 0.1) is 6.92 Å². The second-order valence-electron chi connectivity index (χ2n) is 7.06. The minimum absolute atomic E-state index is 0.0445. The molecule has 0 unspecified atom stereocenters. The van der Waals surface area contributed by atoms with Crippen molar-refractivity contribution in [3.8, 4) is 0 Å². The van der Waals surface area contributed by atoms with Crippen molar-refractivity contribution in [2.24, 2.45) is 4.99 Å². The molecule has 1 aromatic carbocycles. The summed E-state index contributed by atoms with van der Waals surface area (Å²) in [6.45, 7) is 8.88. The van der Waals surface area contributed by atoms with E-state index in [0.29, 0.717) is 35.8 Å². The summed E-state index contributed by atoms with van der Waals surface area (Å²) in [5.74, 6) is -0.727. The third kappa shape index (κ3) is 4.52. The molecule has 0 saturated carbocycles. The molecular formula is C21H26N4O4S. The van der Waals surface area contributed by atoms with Crippen LogP contribution in [-0.2, 0) is 16.0 Å². The van der Waals surface area contributed by atoms with Crippen LogP contribution in [0.25, 0.3) is 10.2 Å². The zero-order valence-electron chi connectivity index (χ0n) is 17.8. The molecule has 0 aliphatic heterocycles. The molecule has 2 heterocycles. The first-order valence-corrected chi connectivity index (χ1v) is 10.6. The second kappa shape index (κ2) is 9.36. The van der Waals surface area contributed by atoms with Crippen LogP contribution < -0.4 is 4.80 Å². The molecule has 2 aromatic heterocycles. The number of methoxy groups -OCH3 is 1. The molecule has 1 amide bonds. The van der Waals surface area contributed by atoms with Crippen LogP contribution in [0.5, 0.6) is 0 Å². The van der Waals surface area contributed by atoms with Gasteiger partial charge in [-0.1, -0.05) is 11.3 Å². The number of hydrogen-bond acceptors (Lipinski definition) is 6. The lowest BCUT2D eigenvalue weighted by molar-refractivity contribution is 0.0526. The number of amides is 1. The van der Waals surface area contributed by atoms with Crippen LogP contribution in [-0.4, -0.2) is 46.5 Å². The maximum absolute atomic E-state index is 13.0. The number of carbonyl (C=O) groups is 2. The van der Waals surface area contributed by atoms with E-state index in [4.69, 9.17) is 9.47 Å². The molecule has 0 fully saturated rings. The van der Waals surface area contributed by atoms with Gasteiger partial charge in [-0.2, -0.15) is 10.1 Å². The van der Waals surface area contributed by atoms with Crippen molar-refractivity contribution in [3.63, 3.8) is 0 Å². The van der Waals surface area contributed by atoms with E-state index in [1.54, 1.807) is 36.9 Å². The Morgan fingerprint density at radius 1 is 1.27 bits per heavy atom. The molecule has 0 atom stereocenters. The number of ether oxygens (including phenoxy) is 2. The first-order chi connectivity index (χ1) is 14.3. The van der Waals surface area contributed by atoms with Gasteiger partial charge >= 0.3 is 5.97 Å². The minimum Gasteiger partial charge on any atom is -0.462 e. The Morgan fingerprint density at radius 3 is 2.70 bits per heavy atom. The van der Waals surface area contributed by atoms with Gasteiger partial charge in [0.05, 0.1) is 34.7 Å². The molecule has 3 rings (SSSR count). The van der Waals surface area contributed by atoms with Crippen LogP contribution in [0.15, 0.2) is 29.3 Å². The fourth-order valence-electron chi connectivity index (χ4n) is 3.11. The van der Waals surface area contributed by atoms with Crippen LogP contribution in [0.2, 0.25) is 0 Å². The topological polar surface area (TPSA) is 87.7 Å². The summed E-state index contributed by atoms with van der Waals surface area (Å²) in [7, 11) is 1.62. The van der Waals surface area contributed by atoms with Gasteiger partial charge in [0.2, 0.25) is 0 Å². The number of hydrogen-bond donors (Lipinski definition) is 0. The van der Waals surface area contributed by atoms with Crippen LogP contribution in [0.4, 0.5) is 0 Å². The lowest BCUT2D eigenvalue weighted by Crippen LogP contribution is -2.20. The van der Waals surface area contributed by atoms with Crippen molar-refractivity contribution in [2.45, 2.75) is 40.3 Å². The fourth-order valence-corrected chi connectivity index (χ4v) is 4.21. The monoisotopic (exact) mass is 430 g/mol. The maximum atomic E-state index is 13.0. The molecule has 0 saturated heterocycles. The minimum atomic E-state index is -0.373. The quantitative estimate of drug-likeness (QED) is 0.537. The van der Waals surface area contributed by atoms with Crippen molar-refractivity contribution in [1.82, 2.24) is 14.3 Å². The van der Waals surface area contributed by atoms with Gasteiger partial charge in [0.15, 0.2) is 4.80 Å². The van der Waals surface area contributed by atoms with Crippen LogP contribution in [0.1, 0.15) is 53.4 Å². The van der Waals surface area contributed by atoms with E-state index < -0.39 is 0 Å². The molecule has 0 N–H and O–H groups in total. The van der Waals surface area contributed by atoms with E-state index in [-0.39, 0.29) is 17.9 Å². The maximum Gasteiger partial charge on any atom is 0.338 e. The molecule has 0 aliphatic rings. The number of aryl methyl sites for hydroxylation is 1. The van der Waals surface area contributed by atoms with E-state index in [1.807, 2.05) is 31.4 Å². The Bertz CT molecular complexity index is 1140. The highest BCUT2D eigenvalue weighted by atomic mass is 32.1. The van der Waals surface area contributed by atoms with E-state index in [9.17, 15) is 9.59 Å². The number of rotatable bonds is 7. The number of nitrogens with zero attached hydrogens (tertiary/aromatic N) is 4. The Balaban J connectivity index is 2.11. The van der Waals surface area contributed by atoms with Gasteiger partial charge in [-0.15, -0.1) is 0 Å². The van der Waals surface area contributed by atoms with Gasteiger partial charge in [0.1, 0.15) is 5.69 Å². The lowest BCUT2D eigenvalue weighted by Gasteiger charge is -2.08. The fraction of sp³-hybridized carbons (Fsp3) is 0.429. The summed E-state index contributed by atoms with van der Waals surface area (Å²) in [6.07, 6.45) is 0. The molecule has 3 aromatic rings. The zero-order valence-corrected chi connectivity index (χ0v) is 18.7. The molecule has 30 heavy (non-hydrogen) atoms. The van der Waals surface area contributed by atoms with Crippen molar-refractivity contribution in [1.29, 1.82) is 0 Å². The third-order valence-electron chi connectivity index (χ3n) is 4.48. The Labute approximate surface area is 178 Å². The average Bonchev–Trinajstić information content (AvgIpc) is 3.26. The van der Waals surface area contributed by atoms with Crippen molar-refractivity contribution < 1.29 is 19.1 Å². The summed E-state index contributed by atoms with van der Waals surface area (Å²) < 4.78 is 14.8. The third-order valence-corrected chi connectivity index (χ3v) is 5.52. The molecule has 9 heteroatoms. The lowest BCUT2D eigenvalue weighted by atomic mass is 10.2. The van der Waals surface area contributed by atoms with Crippen LogP contribution >= 0.6 is 11.3 Å². The van der Waals surface area contributed by atoms with E-state index >= 15 is 0 Å². The SMILES string of the molecule is CCOC(=O)c1ccc2c(c1)sc(=NC(=O)c1cc(C)nn1C(C)C)n2CCOC. The smallest absolute Gasteiger partial charge is 0.338 e. The highest BCUT2D eigenvalue weighted by molar-refractivity contribution is 7.16. The van der Waals surface area contributed by atoms with E-state index in [1.165, 1.54) is 11.3 Å². The number of carbonyl (C=O) groups excluding carboxylic acids is 2. The summed E-state index contributed by atoms with van der Waals surface area (Å²) in [5.41, 5.74) is 2.57. The number of fused-ring (bicyclic) bond motifs is 1. The zero-order chi connectivity index (χ0) is 21.8. The highest BCUT2D eigenvalue weighted by Crippen LogP contribution is 2.20. The Kier molecular flexibility index (Phi) is 6.84. The highest BCUT2D eigenvalue weighted by Gasteiger charge is 2.17. The van der Waals surface area contributed by atoms with Gasteiger partial charge in [-0.3, -0.25) is 9.48 Å². The normalized spacial score (nSPS) is 12.1. The van der Waals surface area contributed by atoms with Crippen molar-refractivity contribution in [3.05, 3.63) is 46.0 Å². The first-order valence-electron chi connectivity index (χ1n) is 9.80. The number of benzene rings is 1. The van der Waals surface area contributed by atoms with Gasteiger partial charge < -0.3 is 14.0 Å². The Hall–Kier alpha value is -2.78. The molecule has 8 nitrogen and oxygen atoms in total. The van der Waals surface area contributed by atoms with Gasteiger partial charge in [-0.25, -0.2) is 4.79 Å². The number of esters is 1. The Morgan fingerprint density at radius 2 is 2.03 bits per heavy atom. The molecule has 0 aliphatic carbocycles. The molecule has 0 radical (unpaired) electrons. The molecule has 160 valence electrons. The molecule has 0 spiro atoms. The van der Waals surface area contributed by atoms with Crippen LogP contribution in [0.3, 0.4) is 0 Å². The van der Waals surface area contributed by atoms with Crippen molar-refractivity contribution >= 4 is 33.4 Å². The average molecular weight is 431 g/mol. The second-order valence-corrected chi connectivity index (χ2v) is 8.07.